The summed E-state index contributed by atoms with van der Waals surface area (Å²) in [5, 5.41) is 11.5. The van der Waals surface area contributed by atoms with E-state index in [1.807, 2.05) is 6.07 Å². The normalized spacial score (nSPS) is 14.0. The van der Waals surface area contributed by atoms with Crippen molar-refractivity contribution < 1.29 is 37.0 Å². The van der Waals surface area contributed by atoms with Crippen LogP contribution in [0.25, 0.3) is 0 Å². The van der Waals surface area contributed by atoms with Gasteiger partial charge in [-0.1, -0.05) is 12.1 Å². The molecular weight excluding hydrogens is 466 g/mol. The van der Waals surface area contributed by atoms with Crippen molar-refractivity contribution in [3.63, 3.8) is 0 Å². The number of anilines is 1. The molecule has 180 valence electrons. The molecule has 0 spiro atoms. The third kappa shape index (κ3) is 6.22. The monoisotopic (exact) mass is 489 g/mol. The standard InChI is InChI=1S/C22H23N3O8S/c1-30-19-7-6-17(12-20(19)34(28,29)25-8-10-31-11-9-25)24-21(26)14-33-22(27)15-32-18-5-3-2-4-16(18)13-23/h2-7,12H,8-11,14-15H2,1H3,(H,24,26). The first-order chi connectivity index (χ1) is 16.3. The Morgan fingerprint density at radius 3 is 2.56 bits per heavy atom. The SMILES string of the molecule is COc1ccc(NC(=O)COC(=O)COc2ccccc2C#N)cc1S(=O)(=O)N1CCOCC1. The lowest BCUT2D eigenvalue weighted by Crippen LogP contribution is -2.40. The van der Waals surface area contributed by atoms with Crippen molar-refractivity contribution in [3.05, 3.63) is 48.0 Å². The predicted octanol–water partition coefficient (Wildman–Crippen LogP) is 1.15. The summed E-state index contributed by atoms with van der Waals surface area (Å²) in [5.41, 5.74) is 0.447. The van der Waals surface area contributed by atoms with Gasteiger partial charge < -0.3 is 24.3 Å². The zero-order chi connectivity index (χ0) is 24.6. The number of esters is 1. The number of sulfonamides is 1. The fourth-order valence-electron chi connectivity index (χ4n) is 3.09. The van der Waals surface area contributed by atoms with Crippen LogP contribution in [-0.4, -0.2) is 71.2 Å². The average Bonchev–Trinajstić information content (AvgIpc) is 2.86. The number of carbonyl (C=O) groups is 2. The topological polar surface area (TPSA) is 144 Å². The van der Waals surface area contributed by atoms with E-state index in [-0.39, 0.29) is 53.9 Å². The number of benzene rings is 2. The third-order valence-electron chi connectivity index (χ3n) is 4.75. The Morgan fingerprint density at radius 2 is 1.85 bits per heavy atom. The van der Waals surface area contributed by atoms with Gasteiger partial charge in [-0.05, 0) is 30.3 Å². The zero-order valence-electron chi connectivity index (χ0n) is 18.4. The van der Waals surface area contributed by atoms with Gasteiger partial charge in [0.05, 0.1) is 25.9 Å². The van der Waals surface area contributed by atoms with Crippen LogP contribution >= 0.6 is 0 Å². The maximum Gasteiger partial charge on any atom is 0.344 e. The molecule has 1 heterocycles. The number of para-hydroxylation sites is 1. The van der Waals surface area contributed by atoms with E-state index in [0.717, 1.165) is 0 Å². The third-order valence-corrected chi connectivity index (χ3v) is 6.67. The Labute approximate surface area is 196 Å². The summed E-state index contributed by atoms with van der Waals surface area (Å²) in [6.45, 7) is -0.113. The van der Waals surface area contributed by atoms with Crippen LogP contribution in [0.5, 0.6) is 11.5 Å². The summed E-state index contributed by atoms with van der Waals surface area (Å²) in [7, 11) is -2.53. The lowest BCUT2D eigenvalue weighted by Gasteiger charge is -2.26. The molecule has 34 heavy (non-hydrogen) atoms. The second-order valence-electron chi connectivity index (χ2n) is 6.99. The molecule has 1 aliphatic rings. The largest absolute Gasteiger partial charge is 0.495 e. The molecule has 0 radical (unpaired) electrons. The Bertz CT molecular complexity index is 1190. The van der Waals surface area contributed by atoms with Crippen molar-refractivity contribution in [2.75, 3.05) is 51.9 Å². The molecule has 1 aliphatic heterocycles. The van der Waals surface area contributed by atoms with Crippen molar-refractivity contribution in [2.24, 2.45) is 0 Å². The van der Waals surface area contributed by atoms with Gasteiger partial charge in [0.25, 0.3) is 5.91 Å². The van der Waals surface area contributed by atoms with Crippen LogP contribution in [-0.2, 0) is 29.1 Å². The van der Waals surface area contributed by atoms with Crippen molar-refractivity contribution in [2.45, 2.75) is 4.90 Å². The quantitative estimate of drug-likeness (QED) is 0.513. The number of morpholine rings is 1. The summed E-state index contributed by atoms with van der Waals surface area (Å²) in [6, 6.07) is 12.5. The lowest BCUT2D eigenvalue weighted by molar-refractivity contribution is -0.149. The van der Waals surface area contributed by atoms with Crippen LogP contribution in [0, 0.1) is 11.3 Å². The summed E-state index contributed by atoms with van der Waals surface area (Å²) in [6.07, 6.45) is 0. The molecular formula is C22H23N3O8S. The number of rotatable bonds is 9. The molecule has 12 heteroatoms. The van der Waals surface area contributed by atoms with Gasteiger partial charge >= 0.3 is 5.97 Å². The molecule has 11 nitrogen and oxygen atoms in total. The summed E-state index contributed by atoms with van der Waals surface area (Å²) in [5.74, 6) is -1.14. The van der Waals surface area contributed by atoms with E-state index in [4.69, 9.17) is 24.2 Å². The molecule has 0 saturated carbocycles. The van der Waals surface area contributed by atoms with Crippen molar-refractivity contribution in [1.82, 2.24) is 4.31 Å². The van der Waals surface area contributed by atoms with Gasteiger partial charge in [-0.2, -0.15) is 9.57 Å². The van der Waals surface area contributed by atoms with Crippen LogP contribution < -0.4 is 14.8 Å². The molecule has 0 aromatic heterocycles. The summed E-state index contributed by atoms with van der Waals surface area (Å²) >= 11 is 0. The number of nitriles is 1. The number of hydrogen-bond donors (Lipinski definition) is 1. The number of amides is 1. The predicted molar refractivity (Wildman–Crippen MR) is 119 cm³/mol. The van der Waals surface area contributed by atoms with E-state index < -0.39 is 35.1 Å². The molecule has 2 aromatic rings. The summed E-state index contributed by atoms with van der Waals surface area (Å²) in [4.78, 5) is 24.0. The molecule has 0 atom stereocenters. The van der Waals surface area contributed by atoms with Gasteiger partial charge in [0.2, 0.25) is 10.0 Å². The minimum atomic E-state index is -3.88. The highest BCUT2D eigenvalue weighted by Crippen LogP contribution is 2.30. The highest BCUT2D eigenvalue weighted by molar-refractivity contribution is 7.89. The van der Waals surface area contributed by atoms with E-state index in [1.54, 1.807) is 12.1 Å². The Balaban J connectivity index is 1.58. The smallest absolute Gasteiger partial charge is 0.344 e. The molecule has 1 saturated heterocycles. The van der Waals surface area contributed by atoms with E-state index in [1.165, 1.54) is 41.7 Å². The maximum atomic E-state index is 13.0. The fraction of sp³-hybridized carbons (Fsp3) is 0.318. The van der Waals surface area contributed by atoms with Gasteiger partial charge in [0.1, 0.15) is 22.5 Å². The second kappa shape index (κ2) is 11.5. The average molecular weight is 490 g/mol. The van der Waals surface area contributed by atoms with Gasteiger partial charge in [0.15, 0.2) is 13.2 Å². The summed E-state index contributed by atoms with van der Waals surface area (Å²) < 4.78 is 47.9. The molecule has 2 aromatic carbocycles. The minimum Gasteiger partial charge on any atom is -0.495 e. The Kier molecular flexibility index (Phi) is 8.42. The Hall–Kier alpha value is -3.66. The highest BCUT2D eigenvalue weighted by Gasteiger charge is 2.29. The fourth-order valence-corrected chi connectivity index (χ4v) is 4.68. The maximum absolute atomic E-state index is 13.0. The number of nitrogens with one attached hydrogen (secondary N) is 1. The van der Waals surface area contributed by atoms with Gasteiger partial charge in [-0.15, -0.1) is 0 Å². The number of methoxy groups -OCH3 is 1. The zero-order valence-corrected chi connectivity index (χ0v) is 19.2. The van der Waals surface area contributed by atoms with Crippen LogP contribution in [0.15, 0.2) is 47.4 Å². The molecule has 0 aliphatic carbocycles. The molecule has 1 N–H and O–H groups in total. The molecule has 3 rings (SSSR count). The first-order valence-electron chi connectivity index (χ1n) is 10.2. The molecule has 0 unspecified atom stereocenters. The van der Waals surface area contributed by atoms with Gasteiger partial charge in [-0.25, -0.2) is 13.2 Å². The first kappa shape index (κ1) is 25.0. The number of carbonyl (C=O) groups excluding carboxylic acids is 2. The van der Waals surface area contributed by atoms with E-state index in [9.17, 15) is 18.0 Å². The van der Waals surface area contributed by atoms with Crippen LogP contribution in [0.3, 0.4) is 0 Å². The first-order valence-corrected chi connectivity index (χ1v) is 11.6. The highest BCUT2D eigenvalue weighted by atomic mass is 32.2. The van der Waals surface area contributed by atoms with Gasteiger partial charge in [0, 0.05) is 18.8 Å². The van der Waals surface area contributed by atoms with Crippen LogP contribution in [0.2, 0.25) is 0 Å². The van der Waals surface area contributed by atoms with Crippen LogP contribution in [0.4, 0.5) is 5.69 Å². The number of nitrogens with zero attached hydrogens (tertiary/aromatic N) is 2. The Morgan fingerprint density at radius 1 is 1.12 bits per heavy atom. The number of hydrogen-bond acceptors (Lipinski definition) is 9. The molecule has 1 amide bonds. The van der Waals surface area contributed by atoms with E-state index >= 15 is 0 Å². The van der Waals surface area contributed by atoms with E-state index in [0.29, 0.717) is 0 Å². The van der Waals surface area contributed by atoms with Crippen LogP contribution in [0.1, 0.15) is 5.56 Å². The second-order valence-corrected chi connectivity index (χ2v) is 8.89. The van der Waals surface area contributed by atoms with Crippen molar-refractivity contribution in [3.8, 4) is 17.6 Å². The van der Waals surface area contributed by atoms with Gasteiger partial charge in [-0.3, -0.25) is 4.79 Å². The lowest BCUT2D eigenvalue weighted by atomic mass is 10.2. The molecule has 0 bridgehead atoms. The van der Waals surface area contributed by atoms with Crippen molar-refractivity contribution in [1.29, 1.82) is 5.26 Å². The van der Waals surface area contributed by atoms with Crippen molar-refractivity contribution >= 4 is 27.6 Å². The molecule has 1 fully saturated rings. The minimum absolute atomic E-state index is 0.101. The number of ether oxygens (including phenoxy) is 4. The van der Waals surface area contributed by atoms with E-state index in [2.05, 4.69) is 5.32 Å².